The van der Waals surface area contributed by atoms with Crippen LogP contribution in [0.4, 0.5) is 0 Å². The lowest BCUT2D eigenvalue weighted by atomic mass is 9.74. The van der Waals surface area contributed by atoms with Gasteiger partial charge in [0.05, 0.1) is 11.7 Å². The Morgan fingerprint density at radius 3 is 2.53 bits per heavy atom. The fourth-order valence-corrected chi connectivity index (χ4v) is 4.04. The molecule has 0 radical (unpaired) electrons. The molecule has 1 spiro atoms. The van der Waals surface area contributed by atoms with Gasteiger partial charge >= 0.3 is 0 Å². The largest absolute Gasteiger partial charge is 0.393 e. The van der Waals surface area contributed by atoms with E-state index >= 15 is 0 Å². The molecule has 3 aliphatic rings. The van der Waals surface area contributed by atoms with Crippen molar-refractivity contribution in [2.75, 3.05) is 19.8 Å². The lowest BCUT2D eigenvalue weighted by Crippen LogP contribution is -2.46. The van der Waals surface area contributed by atoms with Crippen LogP contribution >= 0.6 is 0 Å². The van der Waals surface area contributed by atoms with Gasteiger partial charge in [0, 0.05) is 19.8 Å². The normalized spacial score (nSPS) is 41.8. The van der Waals surface area contributed by atoms with Crippen molar-refractivity contribution < 1.29 is 14.6 Å². The summed E-state index contributed by atoms with van der Waals surface area (Å²) in [7, 11) is 0. The van der Waals surface area contributed by atoms with Gasteiger partial charge in [-0.3, -0.25) is 0 Å². The Bertz CT molecular complexity index is 255. The molecule has 2 heterocycles. The van der Waals surface area contributed by atoms with Crippen molar-refractivity contribution in [3.05, 3.63) is 0 Å². The van der Waals surface area contributed by atoms with Crippen LogP contribution in [-0.4, -0.2) is 36.6 Å². The molecule has 1 saturated carbocycles. The molecule has 2 aliphatic heterocycles. The van der Waals surface area contributed by atoms with Crippen LogP contribution in [0.1, 0.15) is 44.9 Å². The Balaban J connectivity index is 1.66. The molecule has 3 atom stereocenters. The molecule has 1 aliphatic carbocycles. The minimum atomic E-state index is -0.0463. The van der Waals surface area contributed by atoms with Crippen molar-refractivity contribution in [2.24, 2.45) is 11.8 Å². The summed E-state index contributed by atoms with van der Waals surface area (Å²) in [4.78, 5) is 0. The average Bonchev–Trinajstić information content (AvgIpc) is 2.77. The van der Waals surface area contributed by atoms with Gasteiger partial charge in [-0.25, -0.2) is 0 Å². The highest BCUT2D eigenvalue weighted by molar-refractivity contribution is 4.93. The van der Waals surface area contributed by atoms with Gasteiger partial charge in [0.2, 0.25) is 0 Å². The highest BCUT2D eigenvalue weighted by Crippen LogP contribution is 2.44. The summed E-state index contributed by atoms with van der Waals surface area (Å²) in [6.07, 6.45) is 7.78. The maximum absolute atomic E-state index is 10.1. The summed E-state index contributed by atoms with van der Waals surface area (Å²) < 4.78 is 11.5. The third kappa shape index (κ3) is 2.38. The molecule has 17 heavy (non-hydrogen) atoms. The molecule has 1 N–H and O–H groups in total. The van der Waals surface area contributed by atoms with Crippen molar-refractivity contribution in [2.45, 2.75) is 56.7 Å². The van der Waals surface area contributed by atoms with Crippen molar-refractivity contribution in [3.8, 4) is 0 Å². The lowest BCUT2D eigenvalue weighted by Gasteiger charge is -2.45. The monoisotopic (exact) mass is 240 g/mol. The third-order valence-corrected chi connectivity index (χ3v) is 5.07. The fraction of sp³-hybridized carbons (Fsp3) is 1.00. The molecule has 0 bridgehead atoms. The van der Waals surface area contributed by atoms with Crippen molar-refractivity contribution in [1.29, 1.82) is 0 Å². The maximum Gasteiger partial charge on any atom is 0.0729 e. The van der Waals surface area contributed by atoms with E-state index in [0.29, 0.717) is 11.8 Å². The van der Waals surface area contributed by atoms with E-state index in [-0.39, 0.29) is 11.7 Å². The summed E-state index contributed by atoms with van der Waals surface area (Å²) in [6, 6.07) is 0. The smallest absolute Gasteiger partial charge is 0.0729 e. The van der Waals surface area contributed by atoms with E-state index in [4.69, 9.17) is 9.47 Å². The van der Waals surface area contributed by atoms with Crippen LogP contribution in [0, 0.1) is 11.8 Å². The molecule has 3 heteroatoms. The van der Waals surface area contributed by atoms with Crippen LogP contribution in [0.25, 0.3) is 0 Å². The molecule has 0 aromatic carbocycles. The molecular weight excluding hydrogens is 216 g/mol. The van der Waals surface area contributed by atoms with Crippen molar-refractivity contribution in [3.63, 3.8) is 0 Å². The second-order valence-corrected chi connectivity index (χ2v) is 6.06. The lowest BCUT2D eigenvalue weighted by molar-refractivity contribution is -0.156. The van der Waals surface area contributed by atoms with E-state index in [2.05, 4.69) is 0 Å². The Kier molecular flexibility index (Phi) is 3.42. The quantitative estimate of drug-likeness (QED) is 0.763. The van der Waals surface area contributed by atoms with Crippen molar-refractivity contribution in [1.82, 2.24) is 0 Å². The first-order valence-electron chi connectivity index (χ1n) is 7.19. The average molecular weight is 240 g/mol. The third-order valence-electron chi connectivity index (χ3n) is 5.07. The van der Waals surface area contributed by atoms with Crippen LogP contribution < -0.4 is 0 Å². The summed E-state index contributed by atoms with van der Waals surface area (Å²) in [5.41, 5.74) is 0.0868. The molecule has 3 unspecified atom stereocenters. The van der Waals surface area contributed by atoms with Crippen LogP contribution in [0.15, 0.2) is 0 Å². The first-order valence-corrected chi connectivity index (χ1v) is 7.19. The predicted octanol–water partition coefficient (Wildman–Crippen LogP) is 2.12. The van der Waals surface area contributed by atoms with E-state index in [9.17, 15) is 5.11 Å². The minimum absolute atomic E-state index is 0.0463. The Morgan fingerprint density at radius 1 is 1.00 bits per heavy atom. The van der Waals surface area contributed by atoms with Gasteiger partial charge in [-0.15, -0.1) is 0 Å². The molecule has 0 aromatic rings. The highest BCUT2D eigenvalue weighted by atomic mass is 16.5. The predicted molar refractivity (Wildman–Crippen MR) is 64.8 cm³/mol. The van der Waals surface area contributed by atoms with Gasteiger partial charge in [0.1, 0.15) is 0 Å². The minimum Gasteiger partial charge on any atom is -0.393 e. The second kappa shape index (κ2) is 4.87. The summed E-state index contributed by atoms with van der Waals surface area (Å²) in [5, 5.41) is 10.1. The zero-order valence-electron chi connectivity index (χ0n) is 10.6. The number of aliphatic hydroxyl groups is 1. The number of hydrogen-bond donors (Lipinski definition) is 1. The SMILES string of the molecule is OC1CCCC1C1CCOC2(CCOCC2)C1. The number of ether oxygens (including phenoxy) is 2. The van der Waals surface area contributed by atoms with Crippen molar-refractivity contribution >= 4 is 0 Å². The van der Waals surface area contributed by atoms with Gasteiger partial charge in [-0.05, 0) is 50.4 Å². The first kappa shape index (κ1) is 11.9. The first-order chi connectivity index (χ1) is 8.29. The van der Waals surface area contributed by atoms with Crippen LogP contribution in [0.3, 0.4) is 0 Å². The molecule has 3 nitrogen and oxygen atoms in total. The van der Waals surface area contributed by atoms with E-state index in [1.807, 2.05) is 0 Å². The highest BCUT2D eigenvalue weighted by Gasteiger charge is 2.43. The zero-order valence-corrected chi connectivity index (χ0v) is 10.6. The standard InChI is InChI=1S/C14H24O3/c15-13-3-1-2-12(13)11-4-7-17-14(10-11)5-8-16-9-6-14/h11-13,15H,1-10H2. The van der Waals surface area contributed by atoms with Crippen LogP contribution in [0.5, 0.6) is 0 Å². The summed E-state index contributed by atoms with van der Waals surface area (Å²) in [5.74, 6) is 1.22. The molecule has 98 valence electrons. The topological polar surface area (TPSA) is 38.7 Å². The second-order valence-electron chi connectivity index (χ2n) is 6.06. The van der Waals surface area contributed by atoms with E-state index in [1.165, 1.54) is 12.8 Å². The number of rotatable bonds is 1. The van der Waals surface area contributed by atoms with Gasteiger partial charge < -0.3 is 14.6 Å². The van der Waals surface area contributed by atoms with Crippen LogP contribution in [0.2, 0.25) is 0 Å². The van der Waals surface area contributed by atoms with E-state index in [1.54, 1.807) is 0 Å². The molecular formula is C14H24O3. The zero-order chi connectivity index (χ0) is 11.7. The summed E-state index contributed by atoms with van der Waals surface area (Å²) in [6.45, 7) is 2.58. The number of hydrogen-bond acceptors (Lipinski definition) is 3. The molecule has 2 saturated heterocycles. The Labute approximate surface area is 103 Å². The molecule has 0 aromatic heterocycles. The van der Waals surface area contributed by atoms with Crippen LogP contribution in [-0.2, 0) is 9.47 Å². The van der Waals surface area contributed by atoms with Gasteiger partial charge in [0.15, 0.2) is 0 Å². The van der Waals surface area contributed by atoms with Gasteiger partial charge in [-0.2, -0.15) is 0 Å². The van der Waals surface area contributed by atoms with E-state index in [0.717, 1.165) is 51.9 Å². The van der Waals surface area contributed by atoms with E-state index < -0.39 is 0 Å². The number of aliphatic hydroxyl groups excluding tert-OH is 1. The molecule has 0 amide bonds. The van der Waals surface area contributed by atoms with Gasteiger partial charge in [0.25, 0.3) is 0 Å². The van der Waals surface area contributed by atoms with Gasteiger partial charge in [-0.1, -0.05) is 6.42 Å². The Hall–Kier alpha value is -0.120. The molecule has 3 fully saturated rings. The summed E-state index contributed by atoms with van der Waals surface area (Å²) >= 11 is 0. The molecule has 3 rings (SSSR count). The Morgan fingerprint density at radius 2 is 1.82 bits per heavy atom. The maximum atomic E-state index is 10.1. The fourth-order valence-electron chi connectivity index (χ4n) is 4.04.